The highest BCUT2D eigenvalue weighted by molar-refractivity contribution is 6.35. The molecule has 0 spiro atoms. The van der Waals surface area contributed by atoms with Gasteiger partial charge in [0.2, 0.25) is 0 Å². The number of carbonyl (C=O) groups is 2. The predicted molar refractivity (Wildman–Crippen MR) is 130 cm³/mol. The first-order valence-electron chi connectivity index (χ1n) is 10.6. The fourth-order valence-electron chi connectivity index (χ4n) is 4.08. The van der Waals surface area contributed by atoms with Gasteiger partial charge in [-0.25, -0.2) is 8.78 Å². The minimum Gasteiger partial charge on any atom is -0.455 e. The standard InChI is InChI=1S/C26H18F2N4O4/c27-11-3-1-5-13(7-11)35-17-9-15(29)19-21(23(17)31)25(33)20-16(30)10-18(24(32)22(20)26(19)34)36-14-6-2-4-12(28)8-14/h1-10H,29-32H2. The zero-order valence-corrected chi connectivity index (χ0v) is 18.5. The van der Waals surface area contributed by atoms with E-state index in [2.05, 4.69) is 0 Å². The van der Waals surface area contributed by atoms with E-state index in [-0.39, 0.29) is 68.0 Å². The molecule has 0 saturated heterocycles. The van der Waals surface area contributed by atoms with Crippen LogP contribution in [0.15, 0.2) is 60.7 Å². The number of hydrogen-bond donors (Lipinski definition) is 4. The molecular formula is C26H18F2N4O4. The van der Waals surface area contributed by atoms with E-state index in [0.717, 1.165) is 12.1 Å². The molecule has 0 fully saturated rings. The van der Waals surface area contributed by atoms with Gasteiger partial charge in [-0.3, -0.25) is 9.59 Å². The Morgan fingerprint density at radius 3 is 1.31 bits per heavy atom. The van der Waals surface area contributed by atoms with Crippen LogP contribution in [-0.4, -0.2) is 11.6 Å². The molecule has 180 valence electrons. The van der Waals surface area contributed by atoms with E-state index in [1.54, 1.807) is 0 Å². The average molecular weight is 488 g/mol. The molecule has 36 heavy (non-hydrogen) atoms. The van der Waals surface area contributed by atoms with Gasteiger partial charge in [0, 0.05) is 35.6 Å². The Hall–Kier alpha value is -5.12. The van der Waals surface area contributed by atoms with E-state index in [1.165, 1.54) is 48.5 Å². The minimum atomic E-state index is -0.699. The van der Waals surface area contributed by atoms with Crippen LogP contribution >= 0.6 is 0 Å². The quantitative estimate of drug-likeness (QED) is 0.266. The highest BCUT2D eigenvalue weighted by Crippen LogP contribution is 2.46. The normalized spacial score (nSPS) is 12.2. The molecule has 0 amide bonds. The minimum absolute atomic E-state index is 0.0425. The smallest absolute Gasteiger partial charge is 0.198 e. The number of rotatable bonds is 4. The first-order chi connectivity index (χ1) is 17.2. The lowest BCUT2D eigenvalue weighted by molar-refractivity contribution is 0.0981. The van der Waals surface area contributed by atoms with Crippen molar-refractivity contribution in [2.45, 2.75) is 0 Å². The second-order valence-electron chi connectivity index (χ2n) is 8.03. The van der Waals surface area contributed by atoms with Crippen LogP contribution in [0.1, 0.15) is 31.8 Å². The number of nitrogen functional groups attached to an aromatic ring is 4. The highest BCUT2D eigenvalue weighted by Gasteiger charge is 2.38. The molecule has 0 unspecified atom stereocenters. The summed E-state index contributed by atoms with van der Waals surface area (Å²) in [6.07, 6.45) is 0. The molecule has 0 radical (unpaired) electrons. The largest absolute Gasteiger partial charge is 0.455 e. The summed E-state index contributed by atoms with van der Waals surface area (Å²) in [5.74, 6) is -2.35. The summed E-state index contributed by atoms with van der Waals surface area (Å²) in [6, 6.07) is 13.1. The van der Waals surface area contributed by atoms with Gasteiger partial charge < -0.3 is 32.4 Å². The van der Waals surface area contributed by atoms with Crippen LogP contribution in [0.25, 0.3) is 0 Å². The van der Waals surface area contributed by atoms with Gasteiger partial charge in [0.05, 0.1) is 33.6 Å². The zero-order chi connectivity index (χ0) is 25.7. The number of hydrogen-bond acceptors (Lipinski definition) is 8. The maximum atomic E-state index is 13.6. The van der Waals surface area contributed by atoms with Crippen molar-refractivity contribution in [1.29, 1.82) is 0 Å². The molecule has 5 rings (SSSR count). The summed E-state index contributed by atoms with van der Waals surface area (Å²) in [4.78, 5) is 27.1. The fraction of sp³-hybridized carbons (Fsp3) is 0. The SMILES string of the molecule is Nc1cc(Oc2cccc(F)c2)c(N)c2c1C(=O)c1c(N)c(Oc3cccc(F)c3)cc(N)c1C2=O. The van der Waals surface area contributed by atoms with Gasteiger partial charge in [-0.2, -0.15) is 0 Å². The molecule has 0 aromatic heterocycles. The van der Waals surface area contributed by atoms with Crippen LogP contribution in [-0.2, 0) is 0 Å². The highest BCUT2D eigenvalue weighted by atomic mass is 19.1. The van der Waals surface area contributed by atoms with Gasteiger partial charge in [-0.05, 0) is 24.3 Å². The van der Waals surface area contributed by atoms with Crippen LogP contribution in [0.3, 0.4) is 0 Å². The molecule has 8 N–H and O–H groups in total. The third-order valence-corrected chi connectivity index (χ3v) is 5.68. The Balaban J connectivity index is 1.63. The maximum Gasteiger partial charge on any atom is 0.198 e. The Kier molecular flexibility index (Phi) is 5.21. The van der Waals surface area contributed by atoms with Crippen LogP contribution in [0, 0.1) is 11.6 Å². The average Bonchev–Trinajstić information content (AvgIpc) is 2.81. The van der Waals surface area contributed by atoms with E-state index in [4.69, 9.17) is 32.4 Å². The number of nitrogens with two attached hydrogens (primary N) is 4. The summed E-state index contributed by atoms with van der Waals surface area (Å²) in [6.45, 7) is 0. The van der Waals surface area contributed by atoms with Crippen molar-refractivity contribution in [3.63, 3.8) is 0 Å². The van der Waals surface area contributed by atoms with Crippen molar-refractivity contribution in [1.82, 2.24) is 0 Å². The Morgan fingerprint density at radius 1 is 0.556 bits per heavy atom. The molecule has 1 aliphatic carbocycles. The van der Waals surface area contributed by atoms with Crippen LogP contribution in [0.4, 0.5) is 31.5 Å². The summed E-state index contributed by atoms with van der Waals surface area (Å²) in [5.41, 5.74) is 23.4. The number of ketones is 2. The molecule has 4 aromatic carbocycles. The first kappa shape index (κ1) is 22.7. The second kappa shape index (κ2) is 8.27. The van der Waals surface area contributed by atoms with Crippen molar-refractivity contribution in [2.75, 3.05) is 22.9 Å². The summed E-state index contributed by atoms with van der Waals surface area (Å²) in [5, 5.41) is 0. The van der Waals surface area contributed by atoms with Crippen molar-refractivity contribution in [2.24, 2.45) is 0 Å². The summed E-state index contributed by atoms with van der Waals surface area (Å²) in [7, 11) is 0. The molecule has 0 bridgehead atoms. The van der Waals surface area contributed by atoms with Gasteiger partial charge in [0.1, 0.15) is 23.1 Å². The monoisotopic (exact) mass is 488 g/mol. The number of halogens is 2. The van der Waals surface area contributed by atoms with Gasteiger partial charge in [-0.1, -0.05) is 12.1 Å². The van der Waals surface area contributed by atoms with E-state index in [1.807, 2.05) is 0 Å². The van der Waals surface area contributed by atoms with Crippen LogP contribution in [0.2, 0.25) is 0 Å². The van der Waals surface area contributed by atoms with Gasteiger partial charge in [-0.15, -0.1) is 0 Å². The second-order valence-corrected chi connectivity index (χ2v) is 8.03. The van der Waals surface area contributed by atoms with Crippen LogP contribution in [0.5, 0.6) is 23.0 Å². The lowest BCUT2D eigenvalue weighted by atomic mass is 9.80. The number of anilines is 4. The topological polar surface area (TPSA) is 157 Å². The molecule has 0 atom stereocenters. The number of carbonyl (C=O) groups excluding carboxylic acids is 2. The fourth-order valence-corrected chi connectivity index (χ4v) is 4.08. The van der Waals surface area contributed by atoms with Crippen molar-refractivity contribution in [3.05, 3.63) is 94.6 Å². The third-order valence-electron chi connectivity index (χ3n) is 5.68. The van der Waals surface area contributed by atoms with E-state index in [9.17, 15) is 18.4 Å². The van der Waals surface area contributed by atoms with E-state index < -0.39 is 23.2 Å². The Morgan fingerprint density at radius 2 is 0.944 bits per heavy atom. The number of ether oxygens (including phenoxy) is 2. The van der Waals surface area contributed by atoms with Crippen LogP contribution < -0.4 is 32.4 Å². The molecule has 10 heteroatoms. The van der Waals surface area contributed by atoms with Crippen molar-refractivity contribution in [3.8, 4) is 23.0 Å². The Labute approximate surface area is 203 Å². The van der Waals surface area contributed by atoms with Crippen molar-refractivity contribution >= 4 is 34.3 Å². The molecule has 4 aromatic rings. The third kappa shape index (κ3) is 3.61. The van der Waals surface area contributed by atoms with E-state index >= 15 is 0 Å². The molecular weight excluding hydrogens is 470 g/mol. The van der Waals surface area contributed by atoms with Crippen molar-refractivity contribution < 1.29 is 27.8 Å². The Bertz CT molecular complexity index is 1480. The number of fused-ring (bicyclic) bond motifs is 2. The molecule has 0 aliphatic heterocycles. The first-order valence-corrected chi connectivity index (χ1v) is 10.6. The van der Waals surface area contributed by atoms with Gasteiger partial charge >= 0.3 is 0 Å². The molecule has 1 aliphatic rings. The van der Waals surface area contributed by atoms with Gasteiger partial charge in [0.15, 0.2) is 23.1 Å². The maximum absolute atomic E-state index is 13.6. The molecule has 0 heterocycles. The van der Waals surface area contributed by atoms with E-state index in [0.29, 0.717) is 0 Å². The molecule has 8 nitrogen and oxygen atoms in total. The molecule has 0 saturated carbocycles. The summed E-state index contributed by atoms with van der Waals surface area (Å²) < 4.78 is 38.5. The lowest BCUT2D eigenvalue weighted by Crippen LogP contribution is -2.26. The number of benzene rings is 4. The summed E-state index contributed by atoms with van der Waals surface area (Å²) >= 11 is 0. The lowest BCUT2D eigenvalue weighted by Gasteiger charge is -2.25. The zero-order valence-electron chi connectivity index (χ0n) is 18.5. The van der Waals surface area contributed by atoms with Gasteiger partial charge in [0.25, 0.3) is 0 Å². The predicted octanol–water partition coefficient (Wildman–Crippen LogP) is 4.65.